The standard InChI is InChI=1S/C18H27NO/c1-3-5-7-9-11-16-12-10-13-17(15-16)19-18(20)14-8-6-4-2/h5,7,10,12-13,15H,3-4,6,8-9,11,14H2,1-2H3,(H,19,20)/b7-5+. The maximum atomic E-state index is 11.8. The van der Waals surface area contributed by atoms with E-state index in [0.29, 0.717) is 6.42 Å². The summed E-state index contributed by atoms with van der Waals surface area (Å²) in [6.07, 6.45) is 11.5. The van der Waals surface area contributed by atoms with Crippen LogP contribution in [0, 0.1) is 0 Å². The van der Waals surface area contributed by atoms with Crippen molar-refractivity contribution in [3.63, 3.8) is 0 Å². The lowest BCUT2D eigenvalue weighted by molar-refractivity contribution is -0.116. The summed E-state index contributed by atoms with van der Waals surface area (Å²) in [6, 6.07) is 8.17. The van der Waals surface area contributed by atoms with Crippen LogP contribution in [0.5, 0.6) is 0 Å². The third kappa shape index (κ3) is 7.13. The Labute approximate surface area is 123 Å². The van der Waals surface area contributed by atoms with Gasteiger partial charge >= 0.3 is 0 Å². The first-order valence-corrected chi connectivity index (χ1v) is 7.80. The molecule has 1 N–H and O–H groups in total. The lowest BCUT2D eigenvalue weighted by Crippen LogP contribution is -2.11. The quantitative estimate of drug-likeness (QED) is 0.492. The Morgan fingerprint density at radius 1 is 1.20 bits per heavy atom. The van der Waals surface area contributed by atoms with Crippen molar-refractivity contribution >= 4 is 11.6 Å². The van der Waals surface area contributed by atoms with Gasteiger partial charge in [0, 0.05) is 12.1 Å². The summed E-state index contributed by atoms with van der Waals surface area (Å²) in [7, 11) is 0. The van der Waals surface area contributed by atoms with Gasteiger partial charge in [-0.3, -0.25) is 4.79 Å². The van der Waals surface area contributed by atoms with E-state index in [1.165, 1.54) is 5.56 Å². The van der Waals surface area contributed by atoms with Crippen molar-refractivity contribution in [3.8, 4) is 0 Å². The molecule has 0 radical (unpaired) electrons. The smallest absolute Gasteiger partial charge is 0.224 e. The fraction of sp³-hybridized carbons (Fsp3) is 0.500. The minimum absolute atomic E-state index is 0.126. The summed E-state index contributed by atoms with van der Waals surface area (Å²) in [6.45, 7) is 4.29. The molecule has 0 heterocycles. The second kappa shape index (κ2) is 10.2. The van der Waals surface area contributed by atoms with E-state index in [4.69, 9.17) is 0 Å². The van der Waals surface area contributed by atoms with Crippen LogP contribution < -0.4 is 5.32 Å². The molecule has 1 aromatic carbocycles. The number of unbranched alkanes of at least 4 members (excludes halogenated alkanes) is 2. The predicted molar refractivity (Wildman–Crippen MR) is 87.0 cm³/mol. The zero-order chi connectivity index (χ0) is 14.6. The molecule has 0 spiro atoms. The summed E-state index contributed by atoms with van der Waals surface area (Å²) in [5, 5.41) is 2.99. The Morgan fingerprint density at radius 3 is 2.80 bits per heavy atom. The number of allylic oxidation sites excluding steroid dienone is 2. The van der Waals surface area contributed by atoms with Crippen LogP contribution in [0.1, 0.15) is 57.9 Å². The molecule has 0 aliphatic heterocycles. The third-order valence-corrected chi connectivity index (χ3v) is 3.22. The first kappa shape index (κ1) is 16.5. The summed E-state index contributed by atoms with van der Waals surface area (Å²) < 4.78 is 0. The Balaban J connectivity index is 2.42. The maximum Gasteiger partial charge on any atom is 0.224 e. The molecule has 0 saturated heterocycles. The number of benzene rings is 1. The average Bonchev–Trinajstić information content (AvgIpc) is 2.44. The molecule has 0 aromatic heterocycles. The van der Waals surface area contributed by atoms with E-state index in [2.05, 4.69) is 43.4 Å². The van der Waals surface area contributed by atoms with Gasteiger partial charge < -0.3 is 5.32 Å². The molecule has 1 amide bonds. The molecule has 1 rings (SSSR count). The number of rotatable bonds is 9. The van der Waals surface area contributed by atoms with E-state index in [1.807, 2.05) is 12.1 Å². The number of hydrogen-bond donors (Lipinski definition) is 1. The van der Waals surface area contributed by atoms with Crippen molar-refractivity contribution in [1.29, 1.82) is 0 Å². The Kier molecular flexibility index (Phi) is 8.44. The second-order valence-electron chi connectivity index (χ2n) is 5.12. The Bertz CT molecular complexity index is 423. The maximum absolute atomic E-state index is 11.8. The minimum atomic E-state index is 0.126. The highest BCUT2D eigenvalue weighted by Crippen LogP contribution is 2.13. The summed E-state index contributed by atoms with van der Waals surface area (Å²) in [4.78, 5) is 11.8. The Morgan fingerprint density at radius 2 is 2.05 bits per heavy atom. The van der Waals surface area contributed by atoms with Crippen molar-refractivity contribution in [2.24, 2.45) is 0 Å². The highest BCUT2D eigenvalue weighted by Gasteiger charge is 2.02. The van der Waals surface area contributed by atoms with Gasteiger partial charge in [0.15, 0.2) is 0 Å². The van der Waals surface area contributed by atoms with E-state index in [9.17, 15) is 4.79 Å². The monoisotopic (exact) mass is 273 g/mol. The van der Waals surface area contributed by atoms with Crippen LogP contribution in [0.2, 0.25) is 0 Å². The van der Waals surface area contributed by atoms with E-state index in [1.54, 1.807) is 0 Å². The van der Waals surface area contributed by atoms with Crippen LogP contribution in [0.15, 0.2) is 36.4 Å². The van der Waals surface area contributed by atoms with Gasteiger partial charge in [-0.15, -0.1) is 0 Å². The number of nitrogens with one attached hydrogen (secondary N) is 1. The Hall–Kier alpha value is -1.57. The molecule has 0 aliphatic rings. The van der Waals surface area contributed by atoms with Crippen molar-refractivity contribution in [1.82, 2.24) is 0 Å². The van der Waals surface area contributed by atoms with Crippen LogP contribution in [-0.4, -0.2) is 5.91 Å². The molecule has 1 aromatic rings. The largest absolute Gasteiger partial charge is 0.326 e. The van der Waals surface area contributed by atoms with Gasteiger partial charge in [0.2, 0.25) is 5.91 Å². The van der Waals surface area contributed by atoms with Gasteiger partial charge in [-0.1, -0.05) is 51.0 Å². The normalized spacial score (nSPS) is 10.9. The number of amides is 1. The molecule has 0 atom stereocenters. The fourth-order valence-electron chi connectivity index (χ4n) is 2.10. The van der Waals surface area contributed by atoms with E-state index in [-0.39, 0.29) is 5.91 Å². The lowest BCUT2D eigenvalue weighted by Gasteiger charge is -2.07. The number of carbonyl (C=O) groups excluding carboxylic acids is 1. The number of anilines is 1. The van der Waals surface area contributed by atoms with E-state index in [0.717, 1.165) is 44.2 Å². The summed E-state index contributed by atoms with van der Waals surface area (Å²) in [5.41, 5.74) is 2.19. The summed E-state index contributed by atoms with van der Waals surface area (Å²) in [5.74, 6) is 0.126. The van der Waals surface area contributed by atoms with Crippen LogP contribution >= 0.6 is 0 Å². The van der Waals surface area contributed by atoms with Gasteiger partial charge in [0.1, 0.15) is 0 Å². The molecule has 2 heteroatoms. The molecule has 20 heavy (non-hydrogen) atoms. The number of hydrogen-bond acceptors (Lipinski definition) is 1. The third-order valence-electron chi connectivity index (χ3n) is 3.22. The average molecular weight is 273 g/mol. The highest BCUT2D eigenvalue weighted by molar-refractivity contribution is 5.90. The molecule has 0 fully saturated rings. The van der Waals surface area contributed by atoms with Crippen molar-refractivity contribution < 1.29 is 4.79 Å². The molecule has 0 unspecified atom stereocenters. The van der Waals surface area contributed by atoms with Crippen LogP contribution in [-0.2, 0) is 11.2 Å². The van der Waals surface area contributed by atoms with Gasteiger partial charge in [0.25, 0.3) is 0 Å². The predicted octanol–water partition coefficient (Wildman–Crippen LogP) is 5.10. The lowest BCUT2D eigenvalue weighted by atomic mass is 10.1. The van der Waals surface area contributed by atoms with Crippen molar-refractivity contribution in [3.05, 3.63) is 42.0 Å². The van der Waals surface area contributed by atoms with Gasteiger partial charge in [-0.05, 0) is 43.4 Å². The molecular formula is C18H27NO. The number of carbonyl (C=O) groups is 1. The van der Waals surface area contributed by atoms with Crippen LogP contribution in [0.4, 0.5) is 5.69 Å². The molecule has 110 valence electrons. The van der Waals surface area contributed by atoms with E-state index < -0.39 is 0 Å². The molecule has 2 nitrogen and oxygen atoms in total. The zero-order valence-electron chi connectivity index (χ0n) is 12.8. The molecule has 0 bridgehead atoms. The first-order chi connectivity index (χ1) is 9.76. The SMILES string of the molecule is CC/C=C/CCc1cccc(NC(=O)CCCCC)c1. The fourth-order valence-corrected chi connectivity index (χ4v) is 2.10. The molecule has 0 aliphatic carbocycles. The molecule has 0 saturated carbocycles. The highest BCUT2D eigenvalue weighted by atomic mass is 16.1. The van der Waals surface area contributed by atoms with Crippen LogP contribution in [0.25, 0.3) is 0 Å². The summed E-state index contributed by atoms with van der Waals surface area (Å²) >= 11 is 0. The van der Waals surface area contributed by atoms with Gasteiger partial charge in [-0.25, -0.2) is 0 Å². The van der Waals surface area contributed by atoms with E-state index >= 15 is 0 Å². The zero-order valence-corrected chi connectivity index (χ0v) is 12.8. The van der Waals surface area contributed by atoms with Gasteiger partial charge in [-0.2, -0.15) is 0 Å². The topological polar surface area (TPSA) is 29.1 Å². The van der Waals surface area contributed by atoms with Crippen molar-refractivity contribution in [2.75, 3.05) is 5.32 Å². The van der Waals surface area contributed by atoms with Gasteiger partial charge in [0.05, 0.1) is 0 Å². The van der Waals surface area contributed by atoms with Crippen LogP contribution in [0.3, 0.4) is 0 Å². The second-order valence-corrected chi connectivity index (χ2v) is 5.12. The molecular weight excluding hydrogens is 246 g/mol. The minimum Gasteiger partial charge on any atom is -0.326 e. The number of aryl methyl sites for hydroxylation is 1. The first-order valence-electron chi connectivity index (χ1n) is 7.80. The van der Waals surface area contributed by atoms with Crippen molar-refractivity contribution in [2.45, 2.75) is 58.8 Å².